The Morgan fingerprint density at radius 1 is 1.41 bits per heavy atom. The number of anilines is 1. The molecular weight excluding hydrogens is 214 g/mol. The minimum atomic E-state index is 0.312. The summed E-state index contributed by atoms with van der Waals surface area (Å²) in [4.78, 5) is 4.43. The summed E-state index contributed by atoms with van der Waals surface area (Å²) in [6.45, 7) is 4.39. The fourth-order valence-corrected chi connectivity index (χ4v) is 1.68. The van der Waals surface area contributed by atoms with E-state index in [1.165, 1.54) is 0 Å². The van der Waals surface area contributed by atoms with Crippen LogP contribution in [-0.2, 0) is 0 Å². The van der Waals surface area contributed by atoms with E-state index in [2.05, 4.69) is 24.2 Å². The first-order chi connectivity index (χ1) is 8.01. The van der Waals surface area contributed by atoms with Crippen molar-refractivity contribution in [1.82, 2.24) is 0 Å². The zero-order valence-corrected chi connectivity index (χ0v) is 10.5. The van der Waals surface area contributed by atoms with Crippen LogP contribution in [0.15, 0.2) is 29.3 Å². The molecule has 0 bridgehead atoms. The second-order valence-corrected chi connectivity index (χ2v) is 5.08. The normalized spacial score (nSPS) is 22.1. The van der Waals surface area contributed by atoms with Crippen molar-refractivity contribution in [3.8, 4) is 5.75 Å². The van der Waals surface area contributed by atoms with Crippen LogP contribution in [0.4, 0.5) is 5.69 Å². The monoisotopic (exact) mass is 233 g/mol. The zero-order chi connectivity index (χ0) is 12.5. The van der Waals surface area contributed by atoms with Crippen LogP contribution in [0.1, 0.15) is 20.3 Å². The number of nitrogens with zero attached hydrogens (tertiary/aromatic N) is 1. The number of rotatable bonds is 3. The molecule has 3 N–H and O–H groups in total. The molecule has 1 fully saturated rings. The first kappa shape index (κ1) is 11.8. The van der Waals surface area contributed by atoms with Gasteiger partial charge in [0.2, 0.25) is 0 Å². The maximum atomic E-state index is 5.85. The van der Waals surface area contributed by atoms with Crippen LogP contribution in [-0.4, -0.2) is 19.1 Å². The highest BCUT2D eigenvalue weighted by Gasteiger charge is 2.45. The van der Waals surface area contributed by atoms with E-state index in [1.54, 1.807) is 7.11 Å². The molecule has 4 nitrogen and oxygen atoms in total. The van der Waals surface area contributed by atoms with E-state index in [0.717, 1.165) is 17.9 Å². The lowest BCUT2D eigenvalue weighted by Crippen LogP contribution is -2.23. The Labute approximate surface area is 102 Å². The van der Waals surface area contributed by atoms with Crippen LogP contribution in [0.25, 0.3) is 0 Å². The van der Waals surface area contributed by atoms with Gasteiger partial charge in [-0.25, -0.2) is 4.99 Å². The second-order valence-electron chi connectivity index (χ2n) is 5.08. The minimum absolute atomic E-state index is 0.312. The predicted molar refractivity (Wildman–Crippen MR) is 70.4 cm³/mol. The van der Waals surface area contributed by atoms with Gasteiger partial charge in [-0.15, -0.1) is 0 Å². The van der Waals surface area contributed by atoms with Crippen molar-refractivity contribution >= 4 is 11.6 Å². The molecule has 1 unspecified atom stereocenters. The zero-order valence-electron chi connectivity index (χ0n) is 10.5. The van der Waals surface area contributed by atoms with Gasteiger partial charge in [-0.05, 0) is 36.1 Å². The van der Waals surface area contributed by atoms with E-state index in [0.29, 0.717) is 17.4 Å². The maximum Gasteiger partial charge on any atom is 0.193 e. The molecule has 0 radical (unpaired) electrons. The lowest BCUT2D eigenvalue weighted by molar-refractivity contribution is 0.415. The molecule has 0 saturated heterocycles. The van der Waals surface area contributed by atoms with Gasteiger partial charge in [-0.2, -0.15) is 0 Å². The molecule has 17 heavy (non-hydrogen) atoms. The molecule has 1 saturated carbocycles. The number of ether oxygens (including phenoxy) is 1. The van der Waals surface area contributed by atoms with Crippen LogP contribution in [0.5, 0.6) is 5.75 Å². The van der Waals surface area contributed by atoms with Gasteiger partial charge < -0.3 is 15.8 Å². The smallest absolute Gasteiger partial charge is 0.193 e. The third kappa shape index (κ3) is 2.90. The Hall–Kier alpha value is -1.71. The summed E-state index contributed by atoms with van der Waals surface area (Å²) in [5.74, 6) is 1.31. The van der Waals surface area contributed by atoms with E-state index >= 15 is 0 Å². The Balaban J connectivity index is 1.96. The van der Waals surface area contributed by atoms with Gasteiger partial charge in [0.15, 0.2) is 5.96 Å². The quantitative estimate of drug-likeness (QED) is 0.621. The van der Waals surface area contributed by atoms with Gasteiger partial charge in [-0.1, -0.05) is 13.8 Å². The Morgan fingerprint density at radius 2 is 2.00 bits per heavy atom. The van der Waals surface area contributed by atoms with E-state index in [1.807, 2.05) is 24.3 Å². The van der Waals surface area contributed by atoms with E-state index < -0.39 is 0 Å². The summed E-state index contributed by atoms with van der Waals surface area (Å²) in [7, 11) is 1.65. The summed E-state index contributed by atoms with van der Waals surface area (Å²) < 4.78 is 5.09. The van der Waals surface area contributed by atoms with Gasteiger partial charge in [0.25, 0.3) is 0 Å². The summed E-state index contributed by atoms with van der Waals surface area (Å²) >= 11 is 0. The average Bonchev–Trinajstić information content (AvgIpc) is 2.86. The summed E-state index contributed by atoms with van der Waals surface area (Å²) in [6, 6.07) is 7.96. The Bertz CT molecular complexity index is 423. The lowest BCUT2D eigenvalue weighted by Gasteiger charge is -2.07. The van der Waals surface area contributed by atoms with Crippen LogP contribution in [0.2, 0.25) is 0 Å². The van der Waals surface area contributed by atoms with E-state index in [-0.39, 0.29) is 0 Å². The number of hydrogen-bond donors (Lipinski definition) is 2. The molecule has 0 aliphatic heterocycles. The number of methoxy groups -OCH3 is 1. The van der Waals surface area contributed by atoms with Gasteiger partial charge in [0, 0.05) is 5.69 Å². The first-order valence-corrected chi connectivity index (χ1v) is 5.75. The van der Waals surface area contributed by atoms with Crippen LogP contribution < -0.4 is 15.8 Å². The molecule has 2 rings (SSSR count). The molecule has 1 aliphatic rings. The largest absolute Gasteiger partial charge is 0.497 e. The molecule has 0 spiro atoms. The molecule has 92 valence electrons. The molecule has 1 aliphatic carbocycles. The molecule has 1 atom stereocenters. The number of nitrogens with two attached hydrogens (primary N) is 1. The fourth-order valence-electron chi connectivity index (χ4n) is 1.68. The van der Waals surface area contributed by atoms with Gasteiger partial charge in [0.05, 0.1) is 13.2 Å². The van der Waals surface area contributed by atoms with Crippen LogP contribution in [0, 0.1) is 5.41 Å². The number of guanidine groups is 1. The SMILES string of the molecule is COc1ccc(NC(N)=NC2CC2(C)C)cc1. The molecule has 0 heterocycles. The Kier molecular flexibility index (Phi) is 2.96. The van der Waals surface area contributed by atoms with Gasteiger partial charge >= 0.3 is 0 Å². The van der Waals surface area contributed by atoms with Crippen molar-refractivity contribution in [3.05, 3.63) is 24.3 Å². The highest BCUT2D eigenvalue weighted by atomic mass is 16.5. The highest BCUT2D eigenvalue weighted by molar-refractivity contribution is 5.92. The molecule has 0 aromatic heterocycles. The fraction of sp³-hybridized carbons (Fsp3) is 0.462. The van der Waals surface area contributed by atoms with E-state index in [4.69, 9.17) is 10.5 Å². The van der Waals surface area contributed by atoms with E-state index in [9.17, 15) is 0 Å². The van der Waals surface area contributed by atoms with Crippen molar-refractivity contribution in [3.63, 3.8) is 0 Å². The average molecular weight is 233 g/mol. The summed E-state index contributed by atoms with van der Waals surface area (Å²) in [6.07, 6.45) is 1.11. The molecule has 4 heteroatoms. The number of hydrogen-bond acceptors (Lipinski definition) is 2. The number of benzene rings is 1. The standard InChI is InChI=1S/C13H19N3O/c1-13(2)8-11(13)16-12(14)15-9-4-6-10(17-3)7-5-9/h4-7,11H,8H2,1-3H3,(H3,14,15,16). The third-order valence-electron chi connectivity index (χ3n) is 3.12. The number of nitrogens with one attached hydrogen (secondary N) is 1. The number of aliphatic imine (C=N–C) groups is 1. The van der Waals surface area contributed by atoms with Gasteiger partial charge in [0.1, 0.15) is 5.75 Å². The summed E-state index contributed by atoms with van der Waals surface area (Å²) in [5, 5.41) is 3.07. The minimum Gasteiger partial charge on any atom is -0.497 e. The molecular formula is C13H19N3O. The van der Waals surface area contributed by atoms with Crippen molar-refractivity contribution in [2.45, 2.75) is 26.3 Å². The van der Waals surface area contributed by atoms with Crippen LogP contribution in [0.3, 0.4) is 0 Å². The lowest BCUT2D eigenvalue weighted by atomic mass is 10.2. The van der Waals surface area contributed by atoms with Crippen molar-refractivity contribution in [2.75, 3.05) is 12.4 Å². The maximum absolute atomic E-state index is 5.85. The highest BCUT2D eigenvalue weighted by Crippen LogP contribution is 2.47. The second kappa shape index (κ2) is 4.28. The first-order valence-electron chi connectivity index (χ1n) is 5.75. The molecule has 1 aromatic carbocycles. The van der Waals surface area contributed by atoms with Crippen molar-refractivity contribution in [1.29, 1.82) is 0 Å². The van der Waals surface area contributed by atoms with Crippen LogP contribution >= 0.6 is 0 Å². The molecule has 1 aromatic rings. The van der Waals surface area contributed by atoms with Gasteiger partial charge in [-0.3, -0.25) is 0 Å². The predicted octanol–water partition coefficient (Wildman–Crippen LogP) is 2.22. The van der Waals surface area contributed by atoms with Crippen molar-refractivity contribution < 1.29 is 4.74 Å². The Morgan fingerprint density at radius 3 is 2.47 bits per heavy atom. The third-order valence-corrected chi connectivity index (χ3v) is 3.12. The molecule has 0 amide bonds. The van der Waals surface area contributed by atoms with Crippen molar-refractivity contribution in [2.24, 2.45) is 16.1 Å². The summed E-state index contributed by atoms with van der Waals surface area (Å²) in [5.41, 5.74) is 7.08. The topological polar surface area (TPSA) is 59.6 Å².